The molecule has 1 N–H and O–H groups in total. The fourth-order valence-corrected chi connectivity index (χ4v) is 2.69. The van der Waals surface area contributed by atoms with E-state index in [9.17, 15) is 4.39 Å². The number of hydrogen-bond donors (Lipinski definition) is 1. The fourth-order valence-electron chi connectivity index (χ4n) is 2.69. The van der Waals surface area contributed by atoms with Crippen LogP contribution in [0.15, 0.2) is 72.0 Å². The first kappa shape index (κ1) is 14.5. The van der Waals surface area contributed by atoms with Crippen molar-refractivity contribution in [3.63, 3.8) is 0 Å². The summed E-state index contributed by atoms with van der Waals surface area (Å²) in [6, 6.07) is 16.4. The number of amidine groups is 1. The summed E-state index contributed by atoms with van der Waals surface area (Å²) >= 11 is 0. The lowest BCUT2D eigenvalue weighted by Crippen LogP contribution is -2.24. The molecule has 0 saturated carbocycles. The average Bonchev–Trinajstić information content (AvgIpc) is 3.13. The Morgan fingerprint density at radius 1 is 0.917 bits per heavy atom. The standard InChI is InChI=1S/C19H15FN4/c20-16-8-4-7-14(9-16)18-21-10-15(11-22-18)17-12-23-19(24-17)13-5-2-1-3-6-13/h1-11,17H,12H2,(H,23,24). The SMILES string of the molecule is Fc1cccc(-c2ncc(C3CN=C(c4ccccc4)N3)cn2)c1. The Balaban J connectivity index is 1.51. The largest absolute Gasteiger partial charge is 0.361 e. The third-order valence-corrected chi connectivity index (χ3v) is 3.95. The molecule has 0 aliphatic carbocycles. The van der Waals surface area contributed by atoms with Gasteiger partial charge in [-0.25, -0.2) is 14.4 Å². The summed E-state index contributed by atoms with van der Waals surface area (Å²) in [4.78, 5) is 13.3. The van der Waals surface area contributed by atoms with Gasteiger partial charge in [0.2, 0.25) is 0 Å². The minimum absolute atomic E-state index is 0.0572. The van der Waals surface area contributed by atoms with E-state index >= 15 is 0 Å². The van der Waals surface area contributed by atoms with Crippen molar-refractivity contribution in [2.24, 2.45) is 4.99 Å². The maximum Gasteiger partial charge on any atom is 0.159 e. The van der Waals surface area contributed by atoms with Crippen LogP contribution in [-0.4, -0.2) is 22.3 Å². The molecule has 2 heterocycles. The van der Waals surface area contributed by atoms with E-state index < -0.39 is 0 Å². The minimum Gasteiger partial charge on any atom is -0.361 e. The average molecular weight is 318 g/mol. The van der Waals surface area contributed by atoms with Crippen LogP contribution in [-0.2, 0) is 0 Å². The molecule has 4 rings (SSSR count). The van der Waals surface area contributed by atoms with E-state index in [-0.39, 0.29) is 11.9 Å². The van der Waals surface area contributed by atoms with E-state index in [1.807, 2.05) is 30.3 Å². The van der Waals surface area contributed by atoms with Gasteiger partial charge in [-0.1, -0.05) is 42.5 Å². The summed E-state index contributed by atoms with van der Waals surface area (Å²) in [5.74, 6) is 1.11. The van der Waals surface area contributed by atoms with E-state index in [1.165, 1.54) is 12.1 Å². The summed E-state index contributed by atoms with van der Waals surface area (Å²) in [6.07, 6.45) is 3.54. The number of hydrogen-bond acceptors (Lipinski definition) is 4. The molecule has 4 nitrogen and oxygen atoms in total. The summed E-state index contributed by atoms with van der Waals surface area (Å²) < 4.78 is 13.3. The number of halogens is 1. The van der Waals surface area contributed by atoms with Crippen molar-refractivity contribution in [3.05, 3.63) is 83.9 Å². The smallest absolute Gasteiger partial charge is 0.159 e. The molecule has 0 saturated heterocycles. The van der Waals surface area contributed by atoms with Crippen LogP contribution in [0.5, 0.6) is 0 Å². The monoisotopic (exact) mass is 318 g/mol. The van der Waals surface area contributed by atoms with Crippen molar-refractivity contribution >= 4 is 5.84 Å². The quantitative estimate of drug-likeness (QED) is 0.805. The molecule has 1 atom stereocenters. The molecule has 1 aliphatic rings. The first-order valence-corrected chi connectivity index (χ1v) is 7.74. The Hall–Kier alpha value is -3.08. The maximum absolute atomic E-state index is 13.3. The van der Waals surface area contributed by atoms with E-state index in [4.69, 9.17) is 0 Å². The van der Waals surface area contributed by atoms with Crippen molar-refractivity contribution in [2.75, 3.05) is 6.54 Å². The molecule has 3 aromatic rings. The zero-order valence-electron chi connectivity index (χ0n) is 12.9. The van der Waals surface area contributed by atoms with Gasteiger partial charge in [-0.05, 0) is 12.1 Å². The van der Waals surface area contributed by atoms with Gasteiger partial charge in [0.1, 0.15) is 11.7 Å². The van der Waals surface area contributed by atoms with Gasteiger partial charge in [0.15, 0.2) is 5.82 Å². The number of benzene rings is 2. The summed E-state index contributed by atoms with van der Waals surface area (Å²) in [7, 11) is 0. The molecule has 1 unspecified atom stereocenters. The molecule has 2 aromatic carbocycles. The van der Waals surface area contributed by atoms with Crippen LogP contribution in [0.2, 0.25) is 0 Å². The number of nitrogens with one attached hydrogen (secondary N) is 1. The molecule has 24 heavy (non-hydrogen) atoms. The normalized spacial score (nSPS) is 16.5. The molecule has 0 amide bonds. The molecule has 0 radical (unpaired) electrons. The number of aromatic nitrogens is 2. The van der Waals surface area contributed by atoms with Gasteiger partial charge in [0.25, 0.3) is 0 Å². The molecule has 1 aliphatic heterocycles. The Kier molecular flexibility index (Phi) is 3.75. The molecule has 1 aromatic heterocycles. The Bertz CT molecular complexity index is 875. The lowest BCUT2D eigenvalue weighted by molar-refractivity contribution is 0.628. The first-order valence-electron chi connectivity index (χ1n) is 7.74. The van der Waals surface area contributed by atoms with E-state index in [0.717, 1.165) is 17.0 Å². The van der Waals surface area contributed by atoms with Gasteiger partial charge in [-0.2, -0.15) is 0 Å². The van der Waals surface area contributed by atoms with E-state index in [1.54, 1.807) is 24.5 Å². The Labute approximate surface area is 139 Å². The molecule has 0 bridgehead atoms. The van der Waals surface area contributed by atoms with Crippen LogP contribution in [0, 0.1) is 5.82 Å². The number of nitrogens with zero attached hydrogens (tertiary/aromatic N) is 3. The molecular formula is C19H15FN4. The Morgan fingerprint density at radius 3 is 2.42 bits per heavy atom. The van der Waals surface area contributed by atoms with E-state index in [2.05, 4.69) is 20.3 Å². The number of aliphatic imine (C=N–C) groups is 1. The van der Waals surface area contributed by atoms with Crippen molar-refractivity contribution in [3.8, 4) is 11.4 Å². The lowest BCUT2D eigenvalue weighted by atomic mass is 10.1. The van der Waals surface area contributed by atoms with Crippen molar-refractivity contribution < 1.29 is 4.39 Å². The van der Waals surface area contributed by atoms with Crippen LogP contribution in [0.1, 0.15) is 17.2 Å². The predicted octanol–water partition coefficient (Wildman–Crippen LogP) is 3.37. The zero-order valence-corrected chi connectivity index (χ0v) is 12.9. The Morgan fingerprint density at radius 2 is 1.67 bits per heavy atom. The van der Waals surface area contributed by atoms with Crippen molar-refractivity contribution in [2.45, 2.75) is 6.04 Å². The van der Waals surface area contributed by atoms with Crippen molar-refractivity contribution in [1.82, 2.24) is 15.3 Å². The van der Waals surface area contributed by atoms with Gasteiger partial charge < -0.3 is 5.32 Å². The summed E-state index contributed by atoms with van der Waals surface area (Å²) in [5.41, 5.74) is 2.70. The van der Waals surface area contributed by atoms with Crippen LogP contribution in [0.3, 0.4) is 0 Å². The highest BCUT2D eigenvalue weighted by Crippen LogP contribution is 2.21. The van der Waals surface area contributed by atoms with Crippen LogP contribution >= 0.6 is 0 Å². The van der Waals surface area contributed by atoms with Crippen molar-refractivity contribution in [1.29, 1.82) is 0 Å². The zero-order chi connectivity index (χ0) is 16.4. The number of rotatable bonds is 3. The van der Waals surface area contributed by atoms with Crippen LogP contribution in [0.25, 0.3) is 11.4 Å². The highest BCUT2D eigenvalue weighted by molar-refractivity contribution is 6.00. The molecule has 0 fully saturated rings. The van der Waals surface area contributed by atoms with Gasteiger partial charge in [0.05, 0.1) is 12.6 Å². The first-order chi connectivity index (χ1) is 11.8. The second-order valence-electron chi connectivity index (χ2n) is 5.60. The third-order valence-electron chi connectivity index (χ3n) is 3.95. The van der Waals surface area contributed by atoms with Gasteiger partial charge >= 0.3 is 0 Å². The molecule has 5 heteroatoms. The molecule has 0 spiro atoms. The minimum atomic E-state index is -0.293. The fraction of sp³-hybridized carbons (Fsp3) is 0.105. The predicted molar refractivity (Wildman–Crippen MR) is 91.1 cm³/mol. The van der Waals surface area contributed by atoms with Gasteiger partial charge in [0, 0.05) is 29.1 Å². The second kappa shape index (κ2) is 6.20. The van der Waals surface area contributed by atoms with Crippen LogP contribution < -0.4 is 5.32 Å². The lowest BCUT2D eigenvalue weighted by Gasteiger charge is -2.12. The second-order valence-corrected chi connectivity index (χ2v) is 5.60. The van der Waals surface area contributed by atoms with Gasteiger partial charge in [-0.3, -0.25) is 4.99 Å². The highest BCUT2D eigenvalue weighted by atomic mass is 19.1. The van der Waals surface area contributed by atoms with E-state index in [0.29, 0.717) is 17.9 Å². The molecular weight excluding hydrogens is 303 g/mol. The summed E-state index contributed by atoms with van der Waals surface area (Å²) in [6.45, 7) is 0.646. The topological polar surface area (TPSA) is 50.2 Å². The van der Waals surface area contributed by atoms with Crippen LogP contribution in [0.4, 0.5) is 4.39 Å². The molecule has 118 valence electrons. The van der Waals surface area contributed by atoms with Gasteiger partial charge in [-0.15, -0.1) is 0 Å². The summed E-state index contributed by atoms with van der Waals surface area (Å²) in [5, 5.41) is 3.40. The highest BCUT2D eigenvalue weighted by Gasteiger charge is 2.20. The third kappa shape index (κ3) is 2.88. The maximum atomic E-state index is 13.3.